The average molecular weight is 390 g/mol. The predicted molar refractivity (Wildman–Crippen MR) is 108 cm³/mol. The van der Waals surface area contributed by atoms with E-state index in [-0.39, 0.29) is 11.5 Å². The van der Waals surface area contributed by atoms with Gasteiger partial charge >= 0.3 is 0 Å². The Kier molecular flexibility index (Phi) is 6.09. The van der Waals surface area contributed by atoms with E-state index in [1.54, 1.807) is 18.4 Å². The summed E-state index contributed by atoms with van der Waals surface area (Å²) in [4.78, 5) is 19.7. The zero-order chi connectivity index (χ0) is 19.6. The fraction of sp³-hybridized carbons (Fsp3) is 0.773. The summed E-state index contributed by atoms with van der Waals surface area (Å²) in [5, 5.41) is 0. The SMILES string of the molecule is CC(C)CN1CCN(C2CCOC3(CCN(C(=O)c4ccco4)CC3)C2)CC1. The van der Waals surface area contributed by atoms with Crippen LogP contribution in [0.3, 0.4) is 0 Å². The van der Waals surface area contributed by atoms with Gasteiger partial charge in [0.25, 0.3) is 5.91 Å². The monoisotopic (exact) mass is 389 g/mol. The zero-order valence-corrected chi connectivity index (χ0v) is 17.4. The Morgan fingerprint density at radius 1 is 1.18 bits per heavy atom. The van der Waals surface area contributed by atoms with Crippen molar-refractivity contribution in [3.05, 3.63) is 24.2 Å². The molecular formula is C22H35N3O3. The first-order chi connectivity index (χ1) is 13.5. The molecule has 3 saturated heterocycles. The van der Waals surface area contributed by atoms with Gasteiger partial charge in [0.05, 0.1) is 11.9 Å². The highest BCUT2D eigenvalue weighted by Gasteiger charge is 2.43. The number of rotatable bonds is 4. The van der Waals surface area contributed by atoms with E-state index in [1.807, 2.05) is 4.90 Å². The highest BCUT2D eigenvalue weighted by Crippen LogP contribution is 2.37. The molecule has 0 aromatic carbocycles. The van der Waals surface area contributed by atoms with E-state index in [9.17, 15) is 4.79 Å². The third-order valence-corrected chi connectivity index (χ3v) is 6.71. The minimum atomic E-state index is -0.0437. The van der Waals surface area contributed by atoms with Crippen molar-refractivity contribution in [1.29, 1.82) is 0 Å². The second kappa shape index (κ2) is 8.56. The van der Waals surface area contributed by atoms with Crippen LogP contribution in [-0.2, 0) is 4.74 Å². The van der Waals surface area contributed by atoms with E-state index < -0.39 is 0 Å². The molecule has 0 saturated carbocycles. The Hall–Kier alpha value is -1.37. The number of likely N-dealkylation sites (tertiary alicyclic amines) is 1. The van der Waals surface area contributed by atoms with Crippen LogP contribution in [0, 0.1) is 5.92 Å². The Labute approximate surface area is 168 Å². The number of carbonyl (C=O) groups excluding carboxylic acids is 1. The summed E-state index contributed by atoms with van der Waals surface area (Å²) in [5.41, 5.74) is -0.0437. The van der Waals surface area contributed by atoms with E-state index in [2.05, 4.69) is 23.6 Å². The number of nitrogens with zero attached hydrogens (tertiary/aromatic N) is 3. The summed E-state index contributed by atoms with van der Waals surface area (Å²) in [6.07, 6.45) is 5.68. The topological polar surface area (TPSA) is 49.2 Å². The third-order valence-electron chi connectivity index (χ3n) is 6.71. The molecule has 3 aliphatic rings. The quantitative estimate of drug-likeness (QED) is 0.792. The second-order valence-corrected chi connectivity index (χ2v) is 9.18. The van der Waals surface area contributed by atoms with Gasteiger partial charge in [-0.1, -0.05) is 13.8 Å². The fourth-order valence-electron chi connectivity index (χ4n) is 5.16. The molecule has 28 heavy (non-hydrogen) atoms. The molecule has 0 aliphatic carbocycles. The van der Waals surface area contributed by atoms with Gasteiger partial charge in [0.1, 0.15) is 0 Å². The zero-order valence-electron chi connectivity index (χ0n) is 17.4. The summed E-state index contributed by atoms with van der Waals surface area (Å²) in [6.45, 7) is 12.9. The van der Waals surface area contributed by atoms with Crippen LogP contribution in [0.1, 0.15) is 50.1 Å². The van der Waals surface area contributed by atoms with Gasteiger partial charge in [0, 0.05) is 58.5 Å². The summed E-state index contributed by atoms with van der Waals surface area (Å²) in [7, 11) is 0. The molecular weight excluding hydrogens is 354 g/mol. The maximum Gasteiger partial charge on any atom is 0.289 e. The number of furan rings is 1. The van der Waals surface area contributed by atoms with Gasteiger partial charge in [-0.25, -0.2) is 0 Å². The number of hydrogen-bond donors (Lipinski definition) is 0. The lowest BCUT2D eigenvalue weighted by molar-refractivity contribution is -0.132. The van der Waals surface area contributed by atoms with Crippen molar-refractivity contribution in [2.24, 2.45) is 5.92 Å². The molecule has 1 spiro atoms. The van der Waals surface area contributed by atoms with Crippen molar-refractivity contribution in [3.63, 3.8) is 0 Å². The average Bonchev–Trinajstić information content (AvgIpc) is 3.23. The fourth-order valence-corrected chi connectivity index (χ4v) is 5.16. The molecule has 1 amide bonds. The summed E-state index contributed by atoms with van der Waals surface area (Å²) in [5.74, 6) is 1.19. The largest absolute Gasteiger partial charge is 0.459 e. The standard InChI is InChI=1S/C22H35N3O3/c1-18(2)17-23-10-12-24(13-11-23)19-5-15-28-22(16-19)6-8-25(9-7-22)21(26)20-4-3-14-27-20/h3-4,14,18-19H,5-13,15-17H2,1-2H3. The van der Waals surface area contributed by atoms with Gasteiger partial charge in [0.15, 0.2) is 5.76 Å². The number of piperazine rings is 1. The lowest BCUT2D eigenvalue weighted by atomic mass is 9.81. The molecule has 1 aromatic rings. The van der Waals surface area contributed by atoms with Crippen molar-refractivity contribution in [3.8, 4) is 0 Å². The van der Waals surface area contributed by atoms with E-state index >= 15 is 0 Å². The molecule has 0 radical (unpaired) electrons. The normalized spacial score (nSPS) is 26.8. The number of piperidine rings is 1. The summed E-state index contributed by atoms with van der Waals surface area (Å²) in [6, 6.07) is 4.15. The number of ether oxygens (including phenoxy) is 1. The molecule has 3 aliphatic heterocycles. The molecule has 6 nitrogen and oxygen atoms in total. The van der Waals surface area contributed by atoms with Crippen LogP contribution in [-0.4, -0.2) is 84.7 Å². The van der Waals surface area contributed by atoms with Crippen molar-refractivity contribution in [2.75, 3.05) is 52.4 Å². The molecule has 3 fully saturated rings. The Bertz CT molecular complexity index is 629. The predicted octanol–water partition coefficient (Wildman–Crippen LogP) is 2.71. The first-order valence-electron chi connectivity index (χ1n) is 11.0. The van der Waals surface area contributed by atoms with Gasteiger partial charge in [-0.2, -0.15) is 0 Å². The van der Waals surface area contributed by atoms with Crippen molar-refractivity contribution < 1.29 is 13.9 Å². The molecule has 1 unspecified atom stereocenters. The van der Waals surface area contributed by atoms with E-state index in [0.717, 1.165) is 51.3 Å². The van der Waals surface area contributed by atoms with E-state index in [1.165, 1.54) is 32.7 Å². The van der Waals surface area contributed by atoms with E-state index in [4.69, 9.17) is 9.15 Å². The minimum absolute atomic E-state index is 0.00786. The molecule has 0 bridgehead atoms. The minimum Gasteiger partial charge on any atom is -0.459 e. The van der Waals surface area contributed by atoms with E-state index in [0.29, 0.717) is 11.8 Å². The van der Waals surface area contributed by atoms with Crippen LogP contribution in [0.5, 0.6) is 0 Å². The molecule has 0 N–H and O–H groups in total. The van der Waals surface area contributed by atoms with Gasteiger partial charge in [-0.15, -0.1) is 0 Å². The van der Waals surface area contributed by atoms with Crippen molar-refractivity contribution >= 4 is 5.91 Å². The Balaban J connectivity index is 1.29. The van der Waals surface area contributed by atoms with Gasteiger partial charge < -0.3 is 19.0 Å². The molecule has 4 rings (SSSR count). The summed E-state index contributed by atoms with van der Waals surface area (Å²) < 4.78 is 11.6. The molecule has 156 valence electrons. The van der Waals surface area contributed by atoms with Crippen LogP contribution >= 0.6 is 0 Å². The molecule has 1 aromatic heterocycles. The Morgan fingerprint density at radius 2 is 1.93 bits per heavy atom. The van der Waals surface area contributed by atoms with Crippen LogP contribution in [0.15, 0.2) is 22.8 Å². The molecule has 4 heterocycles. The van der Waals surface area contributed by atoms with Crippen LogP contribution in [0.2, 0.25) is 0 Å². The smallest absolute Gasteiger partial charge is 0.289 e. The maximum absolute atomic E-state index is 12.5. The summed E-state index contributed by atoms with van der Waals surface area (Å²) >= 11 is 0. The van der Waals surface area contributed by atoms with Gasteiger partial charge in [-0.3, -0.25) is 9.69 Å². The lowest BCUT2D eigenvalue weighted by Crippen LogP contribution is -2.57. The first kappa shape index (κ1) is 19.9. The first-order valence-corrected chi connectivity index (χ1v) is 11.0. The van der Waals surface area contributed by atoms with Gasteiger partial charge in [0.2, 0.25) is 0 Å². The Morgan fingerprint density at radius 3 is 2.57 bits per heavy atom. The van der Waals surface area contributed by atoms with Gasteiger partial charge in [-0.05, 0) is 43.7 Å². The third kappa shape index (κ3) is 4.44. The number of carbonyl (C=O) groups is 1. The number of hydrogen-bond acceptors (Lipinski definition) is 5. The van der Waals surface area contributed by atoms with Crippen molar-refractivity contribution in [2.45, 2.75) is 51.2 Å². The maximum atomic E-state index is 12.5. The molecule has 6 heteroatoms. The number of amides is 1. The highest BCUT2D eigenvalue weighted by molar-refractivity contribution is 5.91. The van der Waals surface area contributed by atoms with Crippen LogP contribution in [0.4, 0.5) is 0 Å². The highest BCUT2D eigenvalue weighted by atomic mass is 16.5. The van der Waals surface area contributed by atoms with Crippen LogP contribution in [0.25, 0.3) is 0 Å². The van der Waals surface area contributed by atoms with Crippen molar-refractivity contribution in [1.82, 2.24) is 14.7 Å². The lowest BCUT2D eigenvalue weighted by Gasteiger charge is -2.49. The second-order valence-electron chi connectivity index (χ2n) is 9.18. The van der Waals surface area contributed by atoms with Crippen LogP contribution < -0.4 is 0 Å². The molecule has 1 atom stereocenters.